The minimum absolute atomic E-state index is 0.0379. The fourth-order valence-electron chi connectivity index (χ4n) is 2.22. The van der Waals surface area contributed by atoms with Crippen molar-refractivity contribution in [3.05, 3.63) is 85.2 Å². The molecule has 118 valence electrons. The zero-order valence-electron chi connectivity index (χ0n) is 12.2. The number of Topliss-reactive ketones (excluding diaryl/α,β-unsaturated/α-hetero) is 1. The van der Waals surface area contributed by atoms with Gasteiger partial charge in [0.15, 0.2) is 0 Å². The summed E-state index contributed by atoms with van der Waals surface area (Å²) in [6.07, 6.45) is 0. The molecule has 2 aromatic rings. The smallest absolute Gasteiger partial charge is 0.207 e. The van der Waals surface area contributed by atoms with Crippen molar-refractivity contribution in [1.29, 1.82) is 5.26 Å². The predicted octanol–water partition coefficient (Wildman–Crippen LogP) is 5.32. The molecule has 0 unspecified atom stereocenters. The molecule has 0 aliphatic carbocycles. The molecule has 0 fully saturated rings. The van der Waals surface area contributed by atoms with Crippen LogP contribution < -0.4 is 5.32 Å². The molecular formula is C18H10BrClN2OS. The Hall–Kier alpha value is -2.00. The summed E-state index contributed by atoms with van der Waals surface area (Å²) in [6, 6.07) is 18.4. The zero-order valence-corrected chi connectivity index (χ0v) is 15.4. The van der Waals surface area contributed by atoms with Crippen LogP contribution in [0.5, 0.6) is 0 Å². The second kappa shape index (κ2) is 7.27. The van der Waals surface area contributed by atoms with Crippen molar-refractivity contribution in [1.82, 2.24) is 5.32 Å². The van der Waals surface area contributed by atoms with E-state index >= 15 is 0 Å². The Morgan fingerprint density at radius 2 is 1.79 bits per heavy atom. The maximum Gasteiger partial charge on any atom is 0.207 e. The van der Waals surface area contributed by atoms with Crippen molar-refractivity contribution >= 4 is 50.8 Å². The second-order valence-corrected chi connectivity index (χ2v) is 7.61. The largest absolute Gasteiger partial charge is 0.347 e. The Morgan fingerprint density at radius 3 is 2.46 bits per heavy atom. The summed E-state index contributed by atoms with van der Waals surface area (Å²) in [5.41, 5.74) is 2.15. The highest BCUT2D eigenvalue weighted by Gasteiger charge is 2.26. The van der Waals surface area contributed by atoms with Crippen LogP contribution in [0.2, 0.25) is 5.02 Å². The molecule has 1 N–H and O–H groups in total. The molecule has 1 aliphatic rings. The van der Waals surface area contributed by atoms with E-state index in [2.05, 4.69) is 21.2 Å². The Labute approximate surface area is 157 Å². The first-order chi connectivity index (χ1) is 11.6. The molecule has 1 aliphatic heterocycles. The van der Waals surface area contributed by atoms with Crippen molar-refractivity contribution in [2.45, 2.75) is 0 Å². The number of thioether (sulfide) groups is 1. The quantitative estimate of drug-likeness (QED) is 0.417. The number of benzene rings is 2. The van der Waals surface area contributed by atoms with E-state index in [0.717, 1.165) is 15.1 Å². The van der Waals surface area contributed by atoms with Gasteiger partial charge in [-0.05, 0) is 33.6 Å². The summed E-state index contributed by atoms with van der Waals surface area (Å²) in [7, 11) is 0. The number of nitriles is 1. The lowest BCUT2D eigenvalue weighted by Crippen LogP contribution is -2.12. The Bertz CT molecular complexity index is 916. The standard InChI is InChI=1S/C18H10BrClN2OS/c19-17-15(11-6-2-1-3-7-11)22-18(24-17)13(10-21)16(23)12-8-4-5-9-14(12)20/h1-9,22H/b18-13+. The van der Waals surface area contributed by atoms with Crippen LogP contribution in [0, 0.1) is 11.3 Å². The zero-order chi connectivity index (χ0) is 17.1. The summed E-state index contributed by atoms with van der Waals surface area (Å²) in [4.78, 5) is 12.7. The number of ketones is 1. The average molecular weight is 418 g/mol. The van der Waals surface area contributed by atoms with Gasteiger partial charge in [-0.1, -0.05) is 65.8 Å². The van der Waals surface area contributed by atoms with Gasteiger partial charge >= 0.3 is 0 Å². The first-order valence-corrected chi connectivity index (χ1v) is 8.94. The fraction of sp³-hybridized carbons (Fsp3) is 0. The third-order valence-electron chi connectivity index (χ3n) is 3.37. The number of rotatable bonds is 3. The van der Waals surface area contributed by atoms with E-state index in [-0.39, 0.29) is 5.57 Å². The van der Waals surface area contributed by atoms with Gasteiger partial charge in [0.05, 0.1) is 14.5 Å². The van der Waals surface area contributed by atoms with E-state index in [9.17, 15) is 10.1 Å². The lowest BCUT2D eigenvalue weighted by Gasteiger charge is -2.07. The summed E-state index contributed by atoms with van der Waals surface area (Å²) in [6.45, 7) is 0. The molecule has 24 heavy (non-hydrogen) atoms. The Balaban J connectivity index is 1.97. The highest BCUT2D eigenvalue weighted by Crippen LogP contribution is 2.43. The van der Waals surface area contributed by atoms with Gasteiger partial charge < -0.3 is 5.32 Å². The number of carbonyl (C=O) groups is 1. The minimum Gasteiger partial charge on any atom is -0.347 e. The van der Waals surface area contributed by atoms with Gasteiger partial charge in [0.25, 0.3) is 0 Å². The molecule has 0 radical (unpaired) electrons. The van der Waals surface area contributed by atoms with Gasteiger partial charge in [0.2, 0.25) is 5.78 Å². The average Bonchev–Trinajstić information content (AvgIpc) is 2.98. The van der Waals surface area contributed by atoms with Crippen LogP contribution in [-0.4, -0.2) is 5.78 Å². The van der Waals surface area contributed by atoms with E-state index in [0.29, 0.717) is 15.6 Å². The molecule has 0 saturated carbocycles. The van der Waals surface area contributed by atoms with Crippen molar-refractivity contribution in [2.24, 2.45) is 0 Å². The first kappa shape index (κ1) is 16.8. The summed E-state index contributed by atoms with van der Waals surface area (Å²) < 4.78 is 0.823. The monoisotopic (exact) mass is 416 g/mol. The van der Waals surface area contributed by atoms with Crippen LogP contribution in [0.1, 0.15) is 15.9 Å². The molecule has 3 nitrogen and oxygen atoms in total. The minimum atomic E-state index is -0.396. The van der Waals surface area contributed by atoms with Gasteiger partial charge in [0.1, 0.15) is 16.7 Å². The third-order valence-corrected chi connectivity index (χ3v) is 5.48. The number of hydrogen-bond donors (Lipinski definition) is 1. The van der Waals surface area contributed by atoms with E-state index in [1.165, 1.54) is 11.8 Å². The van der Waals surface area contributed by atoms with Gasteiger partial charge in [-0.15, -0.1) is 0 Å². The Morgan fingerprint density at radius 1 is 1.12 bits per heavy atom. The molecule has 3 rings (SSSR count). The predicted molar refractivity (Wildman–Crippen MR) is 101 cm³/mol. The number of nitrogens with zero attached hydrogens (tertiary/aromatic N) is 1. The van der Waals surface area contributed by atoms with Gasteiger partial charge in [-0.25, -0.2) is 0 Å². The van der Waals surface area contributed by atoms with Gasteiger partial charge in [-0.3, -0.25) is 4.79 Å². The first-order valence-electron chi connectivity index (χ1n) is 6.95. The molecule has 0 saturated heterocycles. The number of hydrogen-bond acceptors (Lipinski definition) is 4. The van der Waals surface area contributed by atoms with Crippen LogP contribution in [0.3, 0.4) is 0 Å². The SMILES string of the molecule is N#C/C(C(=O)c1ccccc1Cl)=C1/NC(c2ccccc2)=C(Br)S1. The van der Waals surface area contributed by atoms with Crippen molar-refractivity contribution < 1.29 is 4.79 Å². The molecule has 0 amide bonds. The van der Waals surface area contributed by atoms with Crippen LogP contribution >= 0.6 is 39.3 Å². The number of carbonyl (C=O) groups excluding carboxylic acids is 1. The van der Waals surface area contributed by atoms with E-state index in [4.69, 9.17) is 11.6 Å². The van der Waals surface area contributed by atoms with E-state index < -0.39 is 5.78 Å². The Kier molecular flexibility index (Phi) is 5.10. The van der Waals surface area contributed by atoms with Gasteiger partial charge in [-0.2, -0.15) is 5.26 Å². The summed E-state index contributed by atoms with van der Waals surface area (Å²) in [5.74, 6) is -0.396. The summed E-state index contributed by atoms with van der Waals surface area (Å²) >= 11 is 10.9. The molecule has 0 atom stereocenters. The topological polar surface area (TPSA) is 52.9 Å². The van der Waals surface area contributed by atoms with Crippen LogP contribution in [0.15, 0.2) is 69.0 Å². The van der Waals surface area contributed by atoms with Gasteiger partial charge in [0, 0.05) is 5.56 Å². The molecule has 0 bridgehead atoms. The molecule has 2 aromatic carbocycles. The lowest BCUT2D eigenvalue weighted by atomic mass is 10.0. The number of nitrogens with one attached hydrogen (secondary N) is 1. The number of allylic oxidation sites excluding steroid dienone is 1. The molecule has 0 aromatic heterocycles. The highest BCUT2D eigenvalue weighted by atomic mass is 79.9. The van der Waals surface area contributed by atoms with Crippen LogP contribution in [0.25, 0.3) is 5.70 Å². The second-order valence-electron chi connectivity index (χ2n) is 4.87. The normalized spacial score (nSPS) is 15.7. The third kappa shape index (κ3) is 3.27. The molecule has 6 heteroatoms. The maximum atomic E-state index is 12.7. The van der Waals surface area contributed by atoms with Crippen LogP contribution in [-0.2, 0) is 0 Å². The number of halogens is 2. The highest BCUT2D eigenvalue weighted by molar-refractivity contribution is 9.14. The summed E-state index contributed by atoms with van der Waals surface area (Å²) in [5, 5.41) is 13.5. The van der Waals surface area contributed by atoms with Crippen molar-refractivity contribution in [3.8, 4) is 6.07 Å². The molecule has 1 heterocycles. The molecular weight excluding hydrogens is 408 g/mol. The maximum absolute atomic E-state index is 12.7. The van der Waals surface area contributed by atoms with E-state index in [1.807, 2.05) is 36.4 Å². The lowest BCUT2D eigenvalue weighted by molar-refractivity contribution is 0.103. The van der Waals surface area contributed by atoms with Crippen molar-refractivity contribution in [3.63, 3.8) is 0 Å². The fourth-order valence-corrected chi connectivity index (χ4v) is 4.10. The van der Waals surface area contributed by atoms with E-state index in [1.54, 1.807) is 24.3 Å². The van der Waals surface area contributed by atoms with Crippen molar-refractivity contribution in [2.75, 3.05) is 0 Å². The molecule has 0 spiro atoms. The van der Waals surface area contributed by atoms with Crippen LogP contribution in [0.4, 0.5) is 0 Å².